The average Bonchev–Trinajstić information content (AvgIpc) is 3.50. The van der Waals surface area contributed by atoms with Crippen LogP contribution in [0.15, 0.2) is 18.2 Å². The fraction of sp³-hybridized carbons (Fsp3) is 0.720. The Morgan fingerprint density at radius 3 is 2.30 bits per heavy atom. The number of carbonyl (C=O) groups is 1. The lowest BCUT2D eigenvalue weighted by Crippen LogP contribution is -2.62. The number of rotatable bonds is 5. The van der Waals surface area contributed by atoms with Gasteiger partial charge in [0.15, 0.2) is 0 Å². The number of hydrogen-bond donors (Lipinski definition) is 1. The van der Waals surface area contributed by atoms with E-state index < -0.39 is 54.0 Å². The number of carbonyl (C=O) groups excluding carboxylic acids is 1. The van der Waals surface area contributed by atoms with Crippen molar-refractivity contribution in [3.8, 4) is 0 Å². The molecule has 1 aromatic carbocycles. The van der Waals surface area contributed by atoms with Crippen LogP contribution >= 0.6 is 0 Å². The molecular formula is C25H32F7N3O2. The molecule has 3 unspecified atom stereocenters. The van der Waals surface area contributed by atoms with E-state index in [1.54, 1.807) is 11.0 Å². The molecule has 0 radical (unpaired) electrons. The second-order valence-electron chi connectivity index (χ2n) is 10.3. The van der Waals surface area contributed by atoms with Crippen LogP contribution in [-0.4, -0.2) is 95.5 Å². The zero-order chi connectivity index (χ0) is 27.1. The van der Waals surface area contributed by atoms with Crippen LogP contribution < -0.4 is 0 Å². The van der Waals surface area contributed by atoms with Crippen LogP contribution in [0.25, 0.3) is 0 Å². The summed E-state index contributed by atoms with van der Waals surface area (Å²) >= 11 is 0. The van der Waals surface area contributed by atoms with E-state index in [1.807, 2.05) is 0 Å². The third kappa shape index (κ3) is 5.61. The first kappa shape index (κ1) is 28.1. The molecule has 4 rings (SSSR count). The van der Waals surface area contributed by atoms with E-state index in [0.29, 0.717) is 5.56 Å². The summed E-state index contributed by atoms with van der Waals surface area (Å²) in [7, 11) is 0. The van der Waals surface area contributed by atoms with Gasteiger partial charge in [-0.1, -0.05) is 12.1 Å². The minimum atomic E-state index is -4.63. The van der Waals surface area contributed by atoms with Crippen molar-refractivity contribution in [3.63, 3.8) is 0 Å². The van der Waals surface area contributed by atoms with Crippen molar-refractivity contribution in [2.45, 2.75) is 69.0 Å². The number of alkyl halides is 6. The lowest BCUT2D eigenvalue weighted by atomic mass is 9.74. The highest BCUT2D eigenvalue weighted by molar-refractivity contribution is 5.81. The maximum Gasteiger partial charge on any atom is 0.408 e. The zero-order valence-electron chi connectivity index (χ0n) is 20.5. The van der Waals surface area contributed by atoms with E-state index in [0.717, 1.165) is 4.90 Å². The Bertz CT molecular complexity index is 971. The minimum absolute atomic E-state index is 0.0396. The van der Waals surface area contributed by atoms with Gasteiger partial charge in [0.2, 0.25) is 5.91 Å². The zero-order valence-corrected chi connectivity index (χ0v) is 20.5. The van der Waals surface area contributed by atoms with E-state index in [4.69, 9.17) is 0 Å². The van der Waals surface area contributed by atoms with E-state index in [1.165, 1.54) is 24.0 Å². The molecule has 12 heteroatoms. The lowest BCUT2D eigenvalue weighted by molar-refractivity contribution is -0.191. The molecule has 0 aromatic heterocycles. The van der Waals surface area contributed by atoms with Gasteiger partial charge < -0.3 is 10.0 Å². The molecular weight excluding hydrogens is 507 g/mol. The molecule has 0 saturated carbocycles. The Kier molecular flexibility index (Phi) is 8.11. The van der Waals surface area contributed by atoms with Gasteiger partial charge in [-0.2, -0.15) is 26.3 Å². The normalized spacial score (nSPS) is 30.3. The maximum absolute atomic E-state index is 14.7. The summed E-state index contributed by atoms with van der Waals surface area (Å²) in [5.74, 6) is -3.47. The van der Waals surface area contributed by atoms with Gasteiger partial charge in [0, 0.05) is 38.1 Å². The maximum atomic E-state index is 14.7. The van der Waals surface area contributed by atoms with E-state index in [9.17, 15) is 40.6 Å². The standard InChI is InChI=1S/C25H32F7N3O2/c1-15-16(5-2-6-18(15)26)22-17(23(37)35-10-4-8-21(35)25(30,31)32)13-33(11-12-36)14-19(22)34-9-3-7-20(34)24(27,28)29/h2,5-6,17,19-22,36H,3-4,7-14H2,1H3/t17-,19?,20?,21+,22?/m0/s1. The summed E-state index contributed by atoms with van der Waals surface area (Å²) in [6, 6.07) is -0.460. The third-order valence-electron chi connectivity index (χ3n) is 8.16. The molecule has 0 spiro atoms. The summed E-state index contributed by atoms with van der Waals surface area (Å²) in [5.41, 5.74) is 0.505. The topological polar surface area (TPSA) is 47.0 Å². The first-order valence-electron chi connectivity index (χ1n) is 12.6. The molecule has 1 N–H and O–H groups in total. The molecule has 1 amide bonds. The Balaban J connectivity index is 1.81. The number of piperidine rings is 1. The molecule has 208 valence electrons. The highest BCUT2D eigenvalue weighted by Gasteiger charge is 2.55. The average molecular weight is 540 g/mol. The van der Waals surface area contributed by atoms with Crippen molar-refractivity contribution in [3.05, 3.63) is 35.1 Å². The second-order valence-corrected chi connectivity index (χ2v) is 10.3. The fourth-order valence-electron chi connectivity index (χ4n) is 6.51. The Morgan fingerprint density at radius 1 is 1.00 bits per heavy atom. The van der Waals surface area contributed by atoms with Gasteiger partial charge in [0.05, 0.1) is 12.5 Å². The van der Waals surface area contributed by atoms with Crippen molar-refractivity contribution < 1.29 is 40.6 Å². The Labute approximate surface area is 211 Å². The number of benzene rings is 1. The van der Waals surface area contributed by atoms with Crippen molar-refractivity contribution in [2.75, 3.05) is 39.3 Å². The van der Waals surface area contributed by atoms with Crippen LogP contribution in [0.4, 0.5) is 30.7 Å². The summed E-state index contributed by atoms with van der Waals surface area (Å²) in [4.78, 5) is 17.6. The summed E-state index contributed by atoms with van der Waals surface area (Å²) in [5, 5.41) is 9.57. The number of likely N-dealkylation sites (tertiary alicyclic amines) is 3. The number of amides is 1. The Morgan fingerprint density at radius 2 is 1.65 bits per heavy atom. The predicted molar refractivity (Wildman–Crippen MR) is 121 cm³/mol. The van der Waals surface area contributed by atoms with Crippen LogP contribution in [0.5, 0.6) is 0 Å². The number of β-amino-alcohol motifs (C(OH)–C–C–N with tert-alkyl or cyclic N) is 1. The molecule has 3 aliphatic heterocycles. The molecule has 3 saturated heterocycles. The molecule has 3 aliphatic rings. The van der Waals surface area contributed by atoms with E-state index >= 15 is 0 Å². The molecule has 37 heavy (non-hydrogen) atoms. The number of hydrogen-bond acceptors (Lipinski definition) is 4. The van der Waals surface area contributed by atoms with Gasteiger partial charge in [0.25, 0.3) is 0 Å². The van der Waals surface area contributed by atoms with Crippen molar-refractivity contribution in [2.24, 2.45) is 5.92 Å². The monoisotopic (exact) mass is 539 g/mol. The number of nitrogens with zero attached hydrogens (tertiary/aromatic N) is 3. The van der Waals surface area contributed by atoms with Gasteiger partial charge in [0.1, 0.15) is 17.9 Å². The first-order chi connectivity index (χ1) is 17.3. The number of aliphatic hydroxyl groups excluding tert-OH is 1. The molecule has 0 bridgehead atoms. The highest BCUT2D eigenvalue weighted by Crippen LogP contribution is 2.45. The van der Waals surface area contributed by atoms with E-state index in [2.05, 4.69) is 0 Å². The Hall–Kier alpha value is -1.92. The molecule has 5 nitrogen and oxygen atoms in total. The molecule has 0 aliphatic carbocycles. The smallest absolute Gasteiger partial charge is 0.395 e. The van der Waals surface area contributed by atoms with Gasteiger partial charge in [-0.15, -0.1) is 0 Å². The molecule has 1 aromatic rings. The summed E-state index contributed by atoms with van der Waals surface area (Å²) in [6.45, 7) is 1.24. The summed E-state index contributed by atoms with van der Waals surface area (Å²) in [6.07, 6.45) is -9.10. The van der Waals surface area contributed by atoms with Crippen LogP contribution in [0, 0.1) is 18.7 Å². The third-order valence-corrected chi connectivity index (χ3v) is 8.16. The molecule has 3 heterocycles. The first-order valence-corrected chi connectivity index (χ1v) is 12.6. The summed E-state index contributed by atoms with van der Waals surface area (Å²) < 4.78 is 98.0. The number of aliphatic hydroxyl groups is 1. The van der Waals surface area contributed by atoms with E-state index in [-0.39, 0.29) is 70.6 Å². The largest absolute Gasteiger partial charge is 0.408 e. The van der Waals surface area contributed by atoms with Gasteiger partial charge >= 0.3 is 12.4 Å². The van der Waals surface area contributed by atoms with Crippen LogP contribution in [0.2, 0.25) is 0 Å². The minimum Gasteiger partial charge on any atom is -0.395 e. The quantitative estimate of drug-likeness (QED) is 0.573. The van der Waals surface area contributed by atoms with Crippen LogP contribution in [0.3, 0.4) is 0 Å². The van der Waals surface area contributed by atoms with Crippen molar-refractivity contribution in [1.82, 2.24) is 14.7 Å². The number of halogens is 7. The van der Waals surface area contributed by atoms with Crippen LogP contribution in [-0.2, 0) is 4.79 Å². The molecule has 3 fully saturated rings. The van der Waals surface area contributed by atoms with Gasteiger partial charge in [-0.05, 0) is 56.3 Å². The SMILES string of the molecule is Cc1c(F)cccc1C1C(N2CCCC2C(F)(F)F)CN(CCO)C[C@@H]1C(=O)N1CCC[C@@H]1C(F)(F)F. The van der Waals surface area contributed by atoms with Crippen LogP contribution in [0.1, 0.15) is 42.7 Å². The van der Waals surface area contributed by atoms with Gasteiger partial charge in [-0.3, -0.25) is 14.6 Å². The van der Waals surface area contributed by atoms with Gasteiger partial charge in [-0.25, -0.2) is 4.39 Å². The fourth-order valence-corrected chi connectivity index (χ4v) is 6.51. The lowest BCUT2D eigenvalue weighted by Gasteiger charge is -2.49. The second kappa shape index (κ2) is 10.7. The van der Waals surface area contributed by atoms with Crippen molar-refractivity contribution >= 4 is 5.91 Å². The van der Waals surface area contributed by atoms with Crippen molar-refractivity contribution in [1.29, 1.82) is 0 Å². The highest BCUT2D eigenvalue weighted by atomic mass is 19.4. The predicted octanol–water partition coefficient (Wildman–Crippen LogP) is 4.09. The molecule has 5 atom stereocenters.